The zero-order chi connectivity index (χ0) is 18.2. The number of amides is 2. The number of carbonyl (C=O) groups excluding carboxylic acids is 2. The minimum Gasteiger partial charge on any atom is -0.360 e. The summed E-state index contributed by atoms with van der Waals surface area (Å²) >= 11 is 1.24. The van der Waals surface area contributed by atoms with E-state index in [1.807, 2.05) is 12.1 Å². The van der Waals surface area contributed by atoms with Gasteiger partial charge in [-0.05, 0) is 24.6 Å². The van der Waals surface area contributed by atoms with Crippen LogP contribution in [0.1, 0.15) is 16.9 Å². The molecule has 1 heterocycles. The van der Waals surface area contributed by atoms with Gasteiger partial charge in [-0.25, -0.2) is 0 Å². The van der Waals surface area contributed by atoms with Crippen molar-refractivity contribution in [1.82, 2.24) is 10.1 Å². The first-order valence-electron chi connectivity index (χ1n) is 7.52. The number of aromatic nitrogens is 1. The number of benzene rings is 1. The molecule has 1 N–H and O–H groups in total. The van der Waals surface area contributed by atoms with Gasteiger partial charge in [-0.2, -0.15) is 5.26 Å². The van der Waals surface area contributed by atoms with Gasteiger partial charge in [0.05, 0.1) is 23.1 Å². The Balaban J connectivity index is 1.71. The lowest BCUT2D eigenvalue weighted by molar-refractivity contribution is -0.127. The van der Waals surface area contributed by atoms with Gasteiger partial charge in [-0.15, -0.1) is 11.8 Å². The summed E-state index contributed by atoms with van der Waals surface area (Å²) in [5, 5.41) is 15.1. The molecule has 2 rings (SSSR count). The fourth-order valence-electron chi connectivity index (χ4n) is 1.99. The van der Waals surface area contributed by atoms with Crippen molar-refractivity contribution in [3.8, 4) is 6.07 Å². The quantitative estimate of drug-likeness (QED) is 0.814. The monoisotopic (exact) mass is 358 g/mol. The lowest BCUT2D eigenvalue weighted by Gasteiger charge is -2.17. The van der Waals surface area contributed by atoms with Crippen LogP contribution in [0.4, 0.5) is 5.82 Å². The van der Waals surface area contributed by atoms with E-state index in [9.17, 15) is 9.59 Å². The maximum absolute atomic E-state index is 12.1. The number of nitrogens with one attached hydrogen (secondary N) is 1. The second-order valence-corrected chi connectivity index (χ2v) is 6.41. The third kappa shape index (κ3) is 5.97. The molecular weight excluding hydrogens is 340 g/mol. The van der Waals surface area contributed by atoms with Crippen LogP contribution in [0, 0.1) is 18.3 Å². The molecule has 0 fully saturated rings. The van der Waals surface area contributed by atoms with Crippen molar-refractivity contribution in [2.75, 3.05) is 23.9 Å². The van der Waals surface area contributed by atoms with Gasteiger partial charge in [-0.1, -0.05) is 17.3 Å². The molecule has 2 amide bonds. The van der Waals surface area contributed by atoms with Gasteiger partial charge in [0, 0.05) is 19.7 Å². The molecule has 8 heteroatoms. The van der Waals surface area contributed by atoms with E-state index in [0.717, 1.165) is 5.56 Å². The van der Waals surface area contributed by atoms with E-state index in [1.54, 1.807) is 37.1 Å². The van der Waals surface area contributed by atoms with Crippen LogP contribution in [-0.2, 0) is 16.1 Å². The van der Waals surface area contributed by atoms with E-state index < -0.39 is 0 Å². The van der Waals surface area contributed by atoms with Gasteiger partial charge < -0.3 is 14.7 Å². The predicted molar refractivity (Wildman–Crippen MR) is 94.8 cm³/mol. The molecule has 0 unspecified atom stereocenters. The molecule has 2 aromatic rings. The molecule has 1 aromatic heterocycles. The van der Waals surface area contributed by atoms with E-state index in [-0.39, 0.29) is 23.3 Å². The molecule has 0 spiro atoms. The van der Waals surface area contributed by atoms with Crippen LogP contribution in [0.15, 0.2) is 34.9 Å². The summed E-state index contributed by atoms with van der Waals surface area (Å²) < 4.78 is 4.86. The normalized spacial score (nSPS) is 10.1. The number of anilines is 1. The number of carbonyl (C=O) groups is 2. The fraction of sp³-hybridized carbons (Fsp3) is 0.294. The number of nitriles is 1. The van der Waals surface area contributed by atoms with Crippen LogP contribution in [0.5, 0.6) is 0 Å². The lowest BCUT2D eigenvalue weighted by Crippen LogP contribution is -2.28. The molecule has 25 heavy (non-hydrogen) atoms. The van der Waals surface area contributed by atoms with E-state index in [4.69, 9.17) is 9.78 Å². The highest BCUT2D eigenvalue weighted by molar-refractivity contribution is 8.00. The number of aryl methyl sites for hydroxylation is 1. The van der Waals surface area contributed by atoms with Gasteiger partial charge in [0.25, 0.3) is 0 Å². The van der Waals surface area contributed by atoms with Crippen LogP contribution in [-0.4, -0.2) is 40.4 Å². The largest absolute Gasteiger partial charge is 0.360 e. The van der Waals surface area contributed by atoms with Crippen molar-refractivity contribution in [2.24, 2.45) is 0 Å². The van der Waals surface area contributed by atoms with Crippen LogP contribution in [0.2, 0.25) is 0 Å². The van der Waals surface area contributed by atoms with Crippen molar-refractivity contribution >= 4 is 29.4 Å². The molecule has 1 aromatic carbocycles. The molecule has 7 nitrogen and oxygen atoms in total. The van der Waals surface area contributed by atoms with Crippen molar-refractivity contribution in [3.05, 3.63) is 47.2 Å². The van der Waals surface area contributed by atoms with Gasteiger partial charge in [0.15, 0.2) is 5.82 Å². The average Bonchev–Trinajstić information content (AvgIpc) is 3.00. The van der Waals surface area contributed by atoms with E-state index in [2.05, 4.69) is 16.5 Å². The van der Waals surface area contributed by atoms with E-state index >= 15 is 0 Å². The fourth-order valence-corrected chi connectivity index (χ4v) is 2.75. The summed E-state index contributed by atoms with van der Waals surface area (Å²) in [4.78, 5) is 25.5. The van der Waals surface area contributed by atoms with E-state index in [0.29, 0.717) is 23.7 Å². The second-order valence-electron chi connectivity index (χ2n) is 5.42. The Kier molecular flexibility index (Phi) is 6.60. The Morgan fingerprint density at radius 2 is 2.04 bits per heavy atom. The Bertz CT molecular complexity index is 780. The number of rotatable bonds is 7. The molecular formula is C17H18N4O3S. The third-order valence-electron chi connectivity index (χ3n) is 3.28. The standard InChI is InChI=1S/C17H18N4O3S/c1-12-7-15(20-24-12)19-16(22)10-25-11-17(23)21(2)9-14-5-3-13(8-18)4-6-14/h3-7H,9-11H2,1-2H3,(H,19,20,22). The Morgan fingerprint density at radius 1 is 1.32 bits per heavy atom. The Hall–Kier alpha value is -2.79. The molecule has 130 valence electrons. The summed E-state index contributed by atoms with van der Waals surface area (Å²) in [5.41, 5.74) is 1.53. The molecule has 0 aliphatic heterocycles. The maximum Gasteiger partial charge on any atom is 0.235 e. The maximum atomic E-state index is 12.1. The smallest absolute Gasteiger partial charge is 0.235 e. The van der Waals surface area contributed by atoms with Gasteiger partial charge >= 0.3 is 0 Å². The summed E-state index contributed by atoms with van der Waals surface area (Å²) in [6.07, 6.45) is 0. The van der Waals surface area contributed by atoms with Gasteiger partial charge in [-0.3, -0.25) is 9.59 Å². The highest BCUT2D eigenvalue weighted by Crippen LogP contribution is 2.10. The number of hydrogen-bond donors (Lipinski definition) is 1. The van der Waals surface area contributed by atoms with Crippen molar-refractivity contribution < 1.29 is 14.1 Å². The molecule has 0 saturated heterocycles. The van der Waals surface area contributed by atoms with Crippen molar-refractivity contribution in [3.63, 3.8) is 0 Å². The number of hydrogen-bond acceptors (Lipinski definition) is 6. The zero-order valence-electron chi connectivity index (χ0n) is 14.0. The lowest BCUT2D eigenvalue weighted by atomic mass is 10.1. The van der Waals surface area contributed by atoms with Crippen LogP contribution < -0.4 is 5.32 Å². The zero-order valence-corrected chi connectivity index (χ0v) is 14.8. The molecule has 0 saturated carbocycles. The predicted octanol–water partition coefficient (Wildman–Crippen LogP) is 2.18. The molecule has 0 atom stereocenters. The van der Waals surface area contributed by atoms with E-state index in [1.165, 1.54) is 11.8 Å². The second kappa shape index (κ2) is 8.89. The van der Waals surface area contributed by atoms with Crippen molar-refractivity contribution in [2.45, 2.75) is 13.5 Å². The van der Waals surface area contributed by atoms with Crippen molar-refractivity contribution in [1.29, 1.82) is 5.26 Å². The number of thioether (sulfide) groups is 1. The van der Waals surface area contributed by atoms with Gasteiger partial charge in [0.2, 0.25) is 11.8 Å². The van der Waals surface area contributed by atoms with Crippen LogP contribution in [0.25, 0.3) is 0 Å². The summed E-state index contributed by atoms with van der Waals surface area (Å²) in [6, 6.07) is 10.8. The molecule has 0 aliphatic carbocycles. The highest BCUT2D eigenvalue weighted by Gasteiger charge is 2.12. The SMILES string of the molecule is Cc1cc(NC(=O)CSCC(=O)N(C)Cc2ccc(C#N)cc2)no1. The van der Waals surface area contributed by atoms with Gasteiger partial charge in [0.1, 0.15) is 5.76 Å². The third-order valence-corrected chi connectivity index (χ3v) is 4.20. The first-order valence-corrected chi connectivity index (χ1v) is 8.67. The van der Waals surface area contributed by atoms with Crippen LogP contribution in [0.3, 0.4) is 0 Å². The molecule has 0 bridgehead atoms. The topological polar surface area (TPSA) is 99.2 Å². The average molecular weight is 358 g/mol. The first kappa shape index (κ1) is 18.5. The number of nitrogens with zero attached hydrogens (tertiary/aromatic N) is 3. The molecule has 0 radical (unpaired) electrons. The molecule has 0 aliphatic rings. The minimum absolute atomic E-state index is 0.0700. The minimum atomic E-state index is -0.235. The summed E-state index contributed by atoms with van der Waals surface area (Å²) in [5.74, 6) is 1.04. The Morgan fingerprint density at radius 3 is 2.64 bits per heavy atom. The first-order chi connectivity index (χ1) is 12.0. The Labute approximate surface area is 150 Å². The van der Waals surface area contributed by atoms with Crippen LogP contribution >= 0.6 is 11.8 Å². The summed E-state index contributed by atoms with van der Waals surface area (Å²) in [7, 11) is 1.71. The highest BCUT2D eigenvalue weighted by atomic mass is 32.2. The summed E-state index contributed by atoms with van der Waals surface area (Å²) in [6.45, 7) is 2.19.